The number of ether oxygens (including phenoxy) is 1. The van der Waals surface area contributed by atoms with Crippen molar-refractivity contribution in [2.24, 2.45) is 0 Å². The van der Waals surface area contributed by atoms with Gasteiger partial charge in [0.1, 0.15) is 0 Å². The molecule has 0 spiro atoms. The SMILES string of the molecule is C=CC(=O)OCCCCCCCCCCCCCCCCCCCCCCCCCCC. The van der Waals surface area contributed by atoms with Crippen molar-refractivity contribution in [2.75, 3.05) is 6.61 Å². The van der Waals surface area contributed by atoms with E-state index in [0.717, 1.165) is 6.42 Å². The Morgan fingerprint density at radius 3 is 1.00 bits per heavy atom. The summed E-state index contributed by atoms with van der Waals surface area (Å²) in [4.78, 5) is 10.9. The smallest absolute Gasteiger partial charge is 0.330 e. The van der Waals surface area contributed by atoms with E-state index >= 15 is 0 Å². The van der Waals surface area contributed by atoms with E-state index in [1.807, 2.05) is 0 Å². The van der Waals surface area contributed by atoms with Gasteiger partial charge in [0.05, 0.1) is 6.61 Å². The van der Waals surface area contributed by atoms with Gasteiger partial charge < -0.3 is 4.74 Å². The second-order valence-corrected chi connectivity index (χ2v) is 9.86. The quantitative estimate of drug-likeness (QED) is 0.0706. The summed E-state index contributed by atoms with van der Waals surface area (Å²) in [7, 11) is 0. The normalized spacial score (nSPS) is 11.0. The zero-order valence-electron chi connectivity index (χ0n) is 22.0. The lowest BCUT2D eigenvalue weighted by Gasteiger charge is -2.04. The van der Waals surface area contributed by atoms with Gasteiger partial charge in [-0.2, -0.15) is 0 Å². The molecule has 32 heavy (non-hydrogen) atoms. The van der Waals surface area contributed by atoms with Crippen molar-refractivity contribution < 1.29 is 9.53 Å². The Balaban J connectivity index is 3.02. The monoisotopic (exact) mass is 450 g/mol. The van der Waals surface area contributed by atoms with E-state index < -0.39 is 0 Å². The number of hydrogen-bond acceptors (Lipinski definition) is 2. The molecule has 2 nitrogen and oxygen atoms in total. The highest BCUT2D eigenvalue weighted by Gasteiger charge is 1.97. The van der Waals surface area contributed by atoms with Gasteiger partial charge in [0.15, 0.2) is 0 Å². The Hall–Kier alpha value is -0.790. The number of hydrogen-bond donors (Lipinski definition) is 0. The van der Waals surface area contributed by atoms with Crippen molar-refractivity contribution in [3.05, 3.63) is 12.7 Å². The van der Waals surface area contributed by atoms with E-state index in [2.05, 4.69) is 13.5 Å². The lowest BCUT2D eigenvalue weighted by atomic mass is 10.0. The zero-order valence-corrected chi connectivity index (χ0v) is 22.0. The van der Waals surface area contributed by atoms with Gasteiger partial charge in [0.2, 0.25) is 0 Å². The highest BCUT2D eigenvalue weighted by Crippen LogP contribution is 2.15. The van der Waals surface area contributed by atoms with Crippen LogP contribution in [0.15, 0.2) is 12.7 Å². The fraction of sp³-hybridized carbons (Fsp3) is 0.900. The average Bonchev–Trinajstić information content (AvgIpc) is 2.81. The van der Waals surface area contributed by atoms with Crippen LogP contribution in [0.3, 0.4) is 0 Å². The van der Waals surface area contributed by atoms with Crippen molar-refractivity contribution in [3.63, 3.8) is 0 Å². The summed E-state index contributed by atoms with van der Waals surface area (Å²) in [5.41, 5.74) is 0. The van der Waals surface area contributed by atoms with E-state index in [4.69, 9.17) is 4.74 Å². The summed E-state index contributed by atoms with van der Waals surface area (Å²) in [5, 5.41) is 0. The molecule has 0 saturated carbocycles. The van der Waals surface area contributed by atoms with Gasteiger partial charge in [0.25, 0.3) is 0 Å². The molecule has 0 fully saturated rings. The fourth-order valence-corrected chi connectivity index (χ4v) is 4.47. The van der Waals surface area contributed by atoms with E-state index in [9.17, 15) is 4.79 Å². The third-order valence-corrected chi connectivity index (χ3v) is 6.66. The largest absolute Gasteiger partial charge is 0.463 e. The minimum absolute atomic E-state index is 0.297. The minimum atomic E-state index is -0.297. The first-order valence-corrected chi connectivity index (χ1v) is 14.6. The van der Waals surface area contributed by atoms with Gasteiger partial charge in [-0.25, -0.2) is 4.79 Å². The highest BCUT2D eigenvalue weighted by molar-refractivity contribution is 5.81. The molecule has 0 aliphatic heterocycles. The molecule has 0 rings (SSSR count). The van der Waals surface area contributed by atoms with Crippen LogP contribution in [0.4, 0.5) is 0 Å². The zero-order chi connectivity index (χ0) is 23.4. The van der Waals surface area contributed by atoms with Crippen LogP contribution in [0.5, 0.6) is 0 Å². The molecule has 2 heteroatoms. The molecule has 190 valence electrons. The summed E-state index contributed by atoms with van der Waals surface area (Å²) in [6.07, 6.45) is 36.3. The highest BCUT2D eigenvalue weighted by atomic mass is 16.5. The molecular weight excluding hydrogens is 392 g/mol. The molecule has 0 bridgehead atoms. The second kappa shape index (κ2) is 28.2. The van der Waals surface area contributed by atoms with Crippen molar-refractivity contribution in [1.82, 2.24) is 0 Å². The van der Waals surface area contributed by atoms with Crippen LogP contribution in [-0.2, 0) is 9.53 Å². The van der Waals surface area contributed by atoms with E-state index in [0.29, 0.717) is 6.61 Å². The summed E-state index contributed by atoms with van der Waals surface area (Å²) in [5.74, 6) is -0.297. The van der Waals surface area contributed by atoms with Crippen LogP contribution in [0, 0.1) is 0 Å². The number of carbonyl (C=O) groups excluding carboxylic acids is 1. The van der Waals surface area contributed by atoms with E-state index in [1.54, 1.807) is 0 Å². The van der Waals surface area contributed by atoms with E-state index in [-0.39, 0.29) is 5.97 Å². The molecule has 0 aromatic rings. The Kier molecular flexibility index (Phi) is 27.5. The summed E-state index contributed by atoms with van der Waals surface area (Å²) < 4.78 is 4.99. The van der Waals surface area contributed by atoms with Gasteiger partial charge in [-0.3, -0.25) is 0 Å². The van der Waals surface area contributed by atoms with Crippen LogP contribution in [0.25, 0.3) is 0 Å². The van der Waals surface area contributed by atoms with Crippen LogP contribution in [0.2, 0.25) is 0 Å². The van der Waals surface area contributed by atoms with Gasteiger partial charge >= 0.3 is 5.97 Å². The van der Waals surface area contributed by atoms with Crippen LogP contribution in [0.1, 0.15) is 167 Å². The third-order valence-electron chi connectivity index (χ3n) is 6.66. The maximum atomic E-state index is 10.9. The number of unbranched alkanes of at least 4 members (excludes halogenated alkanes) is 24. The second-order valence-electron chi connectivity index (χ2n) is 9.86. The molecule has 0 N–H and O–H groups in total. The average molecular weight is 451 g/mol. The van der Waals surface area contributed by atoms with Gasteiger partial charge in [-0.15, -0.1) is 0 Å². The van der Waals surface area contributed by atoms with Gasteiger partial charge in [-0.1, -0.05) is 168 Å². The number of esters is 1. The topological polar surface area (TPSA) is 26.3 Å². The first kappa shape index (κ1) is 31.2. The molecule has 0 saturated heterocycles. The number of carbonyl (C=O) groups is 1. The molecule has 0 aliphatic carbocycles. The Labute approximate surface area is 202 Å². The fourth-order valence-electron chi connectivity index (χ4n) is 4.47. The maximum Gasteiger partial charge on any atom is 0.330 e. The molecule has 0 aromatic heterocycles. The summed E-state index contributed by atoms with van der Waals surface area (Å²) in [6, 6.07) is 0. The molecule has 0 unspecified atom stereocenters. The minimum Gasteiger partial charge on any atom is -0.463 e. The molecule has 0 heterocycles. The first-order valence-electron chi connectivity index (χ1n) is 14.6. The Morgan fingerprint density at radius 1 is 0.500 bits per heavy atom. The van der Waals surface area contributed by atoms with Crippen molar-refractivity contribution in [1.29, 1.82) is 0 Å². The van der Waals surface area contributed by atoms with Crippen molar-refractivity contribution in [3.8, 4) is 0 Å². The molecule has 0 aliphatic rings. The molecule has 0 aromatic carbocycles. The Bertz CT molecular complexity index is 377. The number of rotatable bonds is 27. The third kappa shape index (κ3) is 27.2. The van der Waals surface area contributed by atoms with Crippen molar-refractivity contribution >= 4 is 5.97 Å². The summed E-state index contributed by atoms with van der Waals surface area (Å²) >= 11 is 0. The van der Waals surface area contributed by atoms with Gasteiger partial charge in [-0.05, 0) is 6.42 Å². The van der Waals surface area contributed by atoms with E-state index in [1.165, 1.54) is 160 Å². The molecular formula is C30H58O2. The standard InChI is InChI=1S/C30H58O2/c1-3-5-6-7-8-9-10-11-12-13-14-15-16-17-18-19-20-21-22-23-24-25-26-27-28-29-32-30(31)4-2/h4H,2-3,5-29H2,1H3. The van der Waals surface area contributed by atoms with Crippen LogP contribution >= 0.6 is 0 Å². The van der Waals surface area contributed by atoms with Crippen molar-refractivity contribution in [2.45, 2.75) is 167 Å². The maximum absolute atomic E-state index is 10.9. The Morgan fingerprint density at radius 2 is 0.750 bits per heavy atom. The molecule has 0 amide bonds. The predicted octanol–water partition coefficient (Wildman–Crippen LogP) is 10.5. The summed E-state index contributed by atoms with van der Waals surface area (Å²) in [6.45, 7) is 6.24. The first-order chi connectivity index (χ1) is 15.8. The molecule has 0 atom stereocenters. The van der Waals surface area contributed by atoms with Gasteiger partial charge in [0, 0.05) is 6.08 Å². The lowest BCUT2D eigenvalue weighted by molar-refractivity contribution is -0.137. The van der Waals surface area contributed by atoms with Crippen LogP contribution < -0.4 is 0 Å². The predicted molar refractivity (Wildman–Crippen MR) is 142 cm³/mol. The lowest BCUT2D eigenvalue weighted by Crippen LogP contribution is -2.01. The van der Waals surface area contributed by atoms with Crippen LogP contribution in [-0.4, -0.2) is 12.6 Å². The molecule has 0 radical (unpaired) electrons.